The zero-order valence-corrected chi connectivity index (χ0v) is 22.9. The van der Waals surface area contributed by atoms with Gasteiger partial charge in [-0.25, -0.2) is 19.3 Å². The summed E-state index contributed by atoms with van der Waals surface area (Å²) in [6, 6.07) is 9.81. The van der Waals surface area contributed by atoms with Crippen LogP contribution in [0.4, 0.5) is 15.9 Å². The summed E-state index contributed by atoms with van der Waals surface area (Å²) < 4.78 is 19.6. The van der Waals surface area contributed by atoms with Crippen LogP contribution in [0.25, 0.3) is 11.1 Å². The highest BCUT2D eigenvalue weighted by Crippen LogP contribution is 2.31. The van der Waals surface area contributed by atoms with Gasteiger partial charge >= 0.3 is 6.01 Å². The number of carbonyl (C=O) groups excluding carboxylic acids is 1. The predicted molar refractivity (Wildman–Crippen MR) is 153 cm³/mol. The minimum Gasteiger partial charge on any atom is -0.467 e. The van der Waals surface area contributed by atoms with Crippen LogP contribution < -0.4 is 15.4 Å². The maximum Gasteiger partial charge on any atom is 0.316 e. The Labute approximate surface area is 229 Å². The smallest absolute Gasteiger partial charge is 0.316 e. The van der Waals surface area contributed by atoms with Gasteiger partial charge in [0.05, 0.1) is 19.7 Å². The molecule has 2 aromatic heterocycles. The van der Waals surface area contributed by atoms with Gasteiger partial charge in [0, 0.05) is 60.1 Å². The van der Waals surface area contributed by atoms with Crippen LogP contribution in [0.3, 0.4) is 0 Å². The fraction of sp³-hybridized carbons (Fsp3) is 0.333. The molecule has 2 N–H and O–H groups in total. The molecule has 0 bridgehead atoms. The number of ketones is 1. The van der Waals surface area contributed by atoms with Crippen molar-refractivity contribution in [1.29, 1.82) is 0 Å². The molecule has 0 spiro atoms. The van der Waals surface area contributed by atoms with Crippen LogP contribution in [0, 0.1) is 13.8 Å². The van der Waals surface area contributed by atoms with Crippen molar-refractivity contribution in [3.63, 3.8) is 0 Å². The van der Waals surface area contributed by atoms with Crippen molar-refractivity contribution >= 4 is 17.3 Å². The monoisotopic (exact) mass is 530 g/mol. The zero-order valence-electron chi connectivity index (χ0n) is 22.9. The lowest BCUT2D eigenvalue weighted by atomic mass is 10.0. The van der Waals surface area contributed by atoms with E-state index in [9.17, 15) is 9.18 Å². The van der Waals surface area contributed by atoms with Crippen molar-refractivity contribution in [2.45, 2.75) is 45.8 Å². The summed E-state index contributed by atoms with van der Waals surface area (Å²) >= 11 is 0. The van der Waals surface area contributed by atoms with Gasteiger partial charge in [-0.3, -0.25) is 4.79 Å². The summed E-state index contributed by atoms with van der Waals surface area (Å²) in [6.45, 7) is 14.5. The highest BCUT2D eigenvalue weighted by molar-refractivity contribution is 5.81. The summed E-state index contributed by atoms with van der Waals surface area (Å²) in [6.07, 6.45) is 2.97. The summed E-state index contributed by atoms with van der Waals surface area (Å²) in [5, 5.41) is 6.70. The Morgan fingerprint density at radius 2 is 1.90 bits per heavy atom. The second kappa shape index (κ2) is 12.1. The molecule has 0 radical (unpaired) electrons. The van der Waals surface area contributed by atoms with Crippen LogP contribution in [0.2, 0.25) is 0 Å². The van der Waals surface area contributed by atoms with Crippen molar-refractivity contribution in [1.82, 2.24) is 19.9 Å². The van der Waals surface area contributed by atoms with Gasteiger partial charge < -0.3 is 20.3 Å². The number of anilines is 2. The molecule has 2 atom stereocenters. The first-order valence-corrected chi connectivity index (χ1v) is 12.9. The molecule has 204 valence electrons. The number of carbonyl (C=O) groups is 1. The van der Waals surface area contributed by atoms with Crippen LogP contribution in [-0.4, -0.2) is 58.0 Å². The number of methoxy groups -OCH3 is 1. The van der Waals surface area contributed by atoms with Crippen LogP contribution in [0.5, 0.6) is 6.01 Å². The molecule has 1 fully saturated rings. The number of halogens is 1. The first-order chi connectivity index (χ1) is 18.6. The number of likely N-dealkylation sites (tertiary alicyclic amines) is 1. The minimum absolute atomic E-state index is 0.0438. The molecule has 4 rings (SSSR count). The standard InChI is InChI=1S/C30H35FN6O2/c1-18-7-8-19(2)35-29(18)36-22(5)28-13-26(31)17-37(28)20(3)14-32-27-10-9-23(12-24(27)11-21(4)38)25-15-33-30(39-6)34-16-25/h7-10,12,15-16,26,28,32H,3,5,11,13-14,17H2,1-2,4,6H3,(H,35,36)/t26-,28+/m1/s1. The molecule has 0 unspecified atom stereocenters. The van der Waals surface area contributed by atoms with Crippen molar-refractivity contribution in [2.24, 2.45) is 0 Å². The Balaban J connectivity index is 1.47. The number of rotatable bonds is 11. The zero-order chi connectivity index (χ0) is 28.1. The normalized spacial score (nSPS) is 16.6. The second-order valence-corrected chi connectivity index (χ2v) is 9.90. The van der Waals surface area contributed by atoms with E-state index in [1.807, 2.05) is 49.1 Å². The number of benzene rings is 1. The third-order valence-corrected chi connectivity index (χ3v) is 6.75. The van der Waals surface area contributed by atoms with E-state index in [1.165, 1.54) is 7.11 Å². The number of aromatic nitrogens is 3. The van der Waals surface area contributed by atoms with Gasteiger partial charge in [0.1, 0.15) is 17.8 Å². The molecule has 3 aromatic rings. The maximum atomic E-state index is 14.6. The summed E-state index contributed by atoms with van der Waals surface area (Å²) in [5.41, 5.74) is 6.66. The molecule has 1 saturated heterocycles. The number of pyridine rings is 1. The largest absolute Gasteiger partial charge is 0.467 e. The summed E-state index contributed by atoms with van der Waals surface area (Å²) in [7, 11) is 1.51. The van der Waals surface area contributed by atoms with Gasteiger partial charge in [0.2, 0.25) is 0 Å². The average molecular weight is 531 g/mol. The SMILES string of the molecule is C=C(Nc1nc(C)ccc1C)[C@@H]1C[C@@H](F)CN1C(=C)CNc1ccc(-c2cnc(OC)nc2)cc1CC(C)=O. The van der Waals surface area contributed by atoms with E-state index in [-0.39, 0.29) is 24.8 Å². The van der Waals surface area contributed by atoms with Crippen LogP contribution in [-0.2, 0) is 11.2 Å². The molecule has 0 amide bonds. The molecule has 1 aromatic carbocycles. The number of ether oxygens (including phenoxy) is 1. The number of nitrogens with one attached hydrogen (secondary N) is 2. The second-order valence-electron chi connectivity index (χ2n) is 9.90. The van der Waals surface area contributed by atoms with E-state index in [0.29, 0.717) is 24.7 Å². The molecule has 0 saturated carbocycles. The highest BCUT2D eigenvalue weighted by atomic mass is 19.1. The van der Waals surface area contributed by atoms with E-state index in [2.05, 4.69) is 38.7 Å². The number of Topliss-reactive ketones (excluding diaryl/α,β-unsaturated/α-hetero) is 1. The lowest BCUT2D eigenvalue weighted by molar-refractivity contribution is -0.116. The third-order valence-electron chi connectivity index (χ3n) is 6.75. The van der Waals surface area contributed by atoms with Crippen LogP contribution in [0.15, 0.2) is 67.3 Å². The average Bonchev–Trinajstić information content (AvgIpc) is 3.31. The van der Waals surface area contributed by atoms with E-state index in [0.717, 1.165) is 45.2 Å². The van der Waals surface area contributed by atoms with Crippen LogP contribution in [0.1, 0.15) is 30.2 Å². The van der Waals surface area contributed by atoms with Gasteiger partial charge in [-0.2, -0.15) is 0 Å². The maximum absolute atomic E-state index is 14.6. The first kappa shape index (κ1) is 27.8. The molecule has 1 aliphatic rings. The summed E-state index contributed by atoms with van der Waals surface area (Å²) in [4.78, 5) is 26.9. The van der Waals surface area contributed by atoms with Gasteiger partial charge in [0.15, 0.2) is 0 Å². The van der Waals surface area contributed by atoms with Crippen molar-refractivity contribution in [3.05, 3.63) is 84.1 Å². The van der Waals surface area contributed by atoms with E-state index >= 15 is 0 Å². The molecule has 0 aliphatic carbocycles. The fourth-order valence-electron chi connectivity index (χ4n) is 4.68. The minimum atomic E-state index is -0.990. The lowest BCUT2D eigenvalue weighted by Crippen LogP contribution is -2.34. The van der Waals surface area contributed by atoms with Crippen molar-refractivity contribution in [2.75, 3.05) is 30.8 Å². The highest BCUT2D eigenvalue weighted by Gasteiger charge is 2.35. The predicted octanol–water partition coefficient (Wildman–Crippen LogP) is 5.26. The molecule has 39 heavy (non-hydrogen) atoms. The number of nitrogens with zero attached hydrogens (tertiary/aromatic N) is 4. The topological polar surface area (TPSA) is 92.3 Å². The van der Waals surface area contributed by atoms with Gasteiger partial charge in [-0.05, 0) is 55.7 Å². The number of alkyl halides is 1. The molecule has 9 heteroatoms. The number of aryl methyl sites for hydroxylation is 2. The van der Waals surface area contributed by atoms with Gasteiger partial charge in [-0.15, -0.1) is 0 Å². The number of hydrogen-bond donors (Lipinski definition) is 2. The Morgan fingerprint density at radius 1 is 1.15 bits per heavy atom. The number of hydrogen-bond acceptors (Lipinski definition) is 8. The summed E-state index contributed by atoms with van der Waals surface area (Å²) in [5.74, 6) is 0.768. The van der Waals surface area contributed by atoms with E-state index in [4.69, 9.17) is 4.74 Å². The van der Waals surface area contributed by atoms with E-state index < -0.39 is 6.17 Å². The van der Waals surface area contributed by atoms with Crippen molar-refractivity contribution in [3.8, 4) is 17.1 Å². The molecule has 1 aliphatic heterocycles. The Bertz CT molecular complexity index is 1370. The first-order valence-electron chi connectivity index (χ1n) is 12.9. The lowest BCUT2D eigenvalue weighted by Gasteiger charge is -2.30. The Hall–Kier alpha value is -4.27. The van der Waals surface area contributed by atoms with Gasteiger partial charge in [0.25, 0.3) is 0 Å². The quantitative estimate of drug-likeness (QED) is 0.347. The molecule has 3 heterocycles. The van der Waals surface area contributed by atoms with E-state index in [1.54, 1.807) is 19.3 Å². The Morgan fingerprint density at radius 3 is 2.59 bits per heavy atom. The molecular weight excluding hydrogens is 495 g/mol. The van der Waals surface area contributed by atoms with Crippen LogP contribution >= 0.6 is 0 Å². The molecule has 8 nitrogen and oxygen atoms in total. The third kappa shape index (κ3) is 6.79. The Kier molecular flexibility index (Phi) is 8.59. The van der Waals surface area contributed by atoms with Crippen molar-refractivity contribution < 1.29 is 13.9 Å². The van der Waals surface area contributed by atoms with Gasteiger partial charge in [-0.1, -0.05) is 25.3 Å². The molecular formula is C30H35FN6O2. The fourth-order valence-corrected chi connectivity index (χ4v) is 4.68.